The van der Waals surface area contributed by atoms with E-state index in [1.165, 1.54) is 23.1 Å². The number of benzene rings is 1. The number of nitro groups is 1. The van der Waals surface area contributed by atoms with Gasteiger partial charge in [-0.2, -0.15) is 0 Å². The molecule has 0 radical (unpaired) electrons. The molecule has 1 aromatic rings. The molecule has 0 unspecified atom stereocenters. The summed E-state index contributed by atoms with van der Waals surface area (Å²) in [5, 5.41) is 22.4. The molecule has 2 heterocycles. The fraction of sp³-hybridized carbons (Fsp3) is 0.526. The van der Waals surface area contributed by atoms with Crippen molar-refractivity contribution in [2.24, 2.45) is 0 Å². The van der Waals surface area contributed by atoms with E-state index in [4.69, 9.17) is 9.47 Å². The van der Waals surface area contributed by atoms with Gasteiger partial charge in [-0.1, -0.05) is 13.8 Å². The summed E-state index contributed by atoms with van der Waals surface area (Å²) in [5.74, 6) is 0.687. The van der Waals surface area contributed by atoms with E-state index in [2.05, 4.69) is 0 Å². The summed E-state index contributed by atoms with van der Waals surface area (Å²) < 4.78 is 11.6. The predicted molar refractivity (Wildman–Crippen MR) is 97.2 cm³/mol. The van der Waals surface area contributed by atoms with Crippen molar-refractivity contribution in [3.05, 3.63) is 45.7 Å². The highest BCUT2D eigenvalue weighted by atomic mass is 16.6. The zero-order valence-corrected chi connectivity index (χ0v) is 15.7. The van der Waals surface area contributed by atoms with Crippen LogP contribution in [0.2, 0.25) is 0 Å². The predicted octanol–water partition coefficient (Wildman–Crippen LogP) is 2.71. The molecule has 0 bridgehead atoms. The summed E-state index contributed by atoms with van der Waals surface area (Å²) in [4.78, 5) is 24.8. The zero-order chi connectivity index (χ0) is 19.8. The Bertz CT molecular complexity index is 786. The highest BCUT2D eigenvalue weighted by Crippen LogP contribution is 2.47. The summed E-state index contributed by atoms with van der Waals surface area (Å²) in [6.45, 7) is 6.29. The average molecular weight is 376 g/mol. The third-order valence-corrected chi connectivity index (χ3v) is 5.43. The van der Waals surface area contributed by atoms with Gasteiger partial charge in [0.25, 0.3) is 11.6 Å². The molecule has 27 heavy (non-hydrogen) atoms. The highest BCUT2D eigenvalue weighted by molar-refractivity contribution is 5.91. The molecule has 1 amide bonds. The first-order valence-electron chi connectivity index (χ1n) is 9.16. The number of non-ortho nitro benzene ring substituents is 1. The first kappa shape index (κ1) is 19.2. The number of rotatable bonds is 6. The van der Waals surface area contributed by atoms with Crippen molar-refractivity contribution < 1.29 is 24.3 Å². The van der Waals surface area contributed by atoms with Crippen molar-refractivity contribution in [1.29, 1.82) is 0 Å². The van der Waals surface area contributed by atoms with Gasteiger partial charge >= 0.3 is 0 Å². The number of ether oxygens (including phenoxy) is 2. The van der Waals surface area contributed by atoms with Crippen LogP contribution in [-0.2, 0) is 9.53 Å². The van der Waals surface area contributed by atoms with Crippen LogP contribution in [0, 0.1) is 10.1 Å². The minimum atomic E-state index is -1.03. The lowest BCUT2D eigenvalue weighted by atomic mass is 9.80. The summed E-state index contributed by atoms with van der Waals surface area (Å²) >= 11 is 0. The van der Waals surface area contributed by atoms with Crippen molar-refractivity contribution in [3.8, 4) is 5.75 Å². The van der Waals surface area contributed by atoms with Gasteiger partial charge in [0, 0.05) is 23.8 Å². The maximum Gasteiger partial charge on any atom is 0.270 e. The minimum Gasteiger partial charge on any atom is -0.496 e. The van der Waals surface area contributed by atoms with Gasteiger partial charge in [-0.25, -0.2) is 0 Å². The van der Waals surface area contributed by atoms with Crippen molar-refractivity contribution >= 4 is 11.6 Å². The van der Waals surface area contributed by atoms with Gasteiger partial charge in [-0.05, 0) is 25.8 Å². The second-order valence-corrected chi connectivity index (χ2v) is 6.75. The fourth-order valence-corrected chi connectivity index (χ4v) is 3.88. The standard InChI is InChI=1S/C19H24N2O6/c1-4-19(5-2)18(23)17(20-11-13(26-6-3)10-16(20)22)14-9-12(21(24)25)7-8-15(14)27-19/h7-10,17-18,23H,4-6,11H2,1-3H3/t17-,18+/m1/s1. The van der Waals surface area contributed by atoms with Crippen molar-refractivity contribution in [3.63, 3.8) is 0 Å². The second kappa shape index (κ2) is 7.19. The molecule has 0 saturated carbocycles. The van der Waals surface area contributed by atoms with Gasteiger partial charge in [0.15, 0.2) is 0 Å². The molecule has 2 aliphatic heterocycles. The third kappa shape index (κ3) is 3.14. The van der Waals surface area contributed by atoms with E-state index >= 15 is 0 Å². The quantitative estimate of drug-likeness (QED) is 0.605. The van der Waals surface area contributed by atoms with Gasteiger partial charge in [0.1, 0.15) is 23.2 Å². The number of nitro benzene ring substituents is 1. The van der Waals surface area contributed by atoms with E-state index in [-0.39, 0.29) is 18.1 Å². The maximum atomic E-state index is 12.6. The van der Waals surface area contributed by atoms with Crippen molar-refractivity contribution in [2.45, 2.75) is 51.4 Å². The Morgan fingerprint density at radius 3 is 2.67 bits per heavy atom. The lowest BCUT2D eigenvalue weighted by molar-refractivity contribution is -0.385. The summed E-state index contributed by atoms with van der Waals surface area (Å²) in [6, 6.07) is 3.54. The number of aliphatic hydroxyl groups excluding tert-OH is 1. The number of amides is 1. The molecule has 0 spiro atoms. The molecule has 0 aliphatic carbocycles. The summed E-state index contributed by atoms with van der Waals surface area (Å²) in [6.07, 6.45) is 1.44. The highest BCUT2D eigenvalue weighted by Gasteiger charge is 2.51. The van der Waals surface area contributed by atoms with Gasteiger partial charge in [-0.15, -0.1) is 0 Å². The zero-order valence-electron chi connectivity index (χ0n) is 15.7. The van der Waals surface area contributed by atoms with Crippen LogP contribution < -0.4 is 4.74 Å². The number of carbonyl (C=O) groups is 1. The van der Waals surface area contributed by atoms with Crippen LogP contribution in [0.3, 0.4) is 0 Å². The monoisotopic (exact) mass is 376 g/mol. The number of nitrogens with zero attached hydrogens (tertiary/aromatic N) is 2. The third-order valence-electron chi connectivity index (χ3n) is 5.43. The van der Waals surface area contributed by atoms with E-state index < -0.39 is 22.7 Å². The van der Waals surface area contributed by atoms with Gasteiger partial charge in [0.05, 0.1) is 24.1 Å². The van der Waals surface area contributed by atoms with E-state index in [1.807, 2.05) is 20.8 Å². The fourth-order valence-electron chi connectivity index (χ4n) is 3.88. The van der Waals surface area contributed by atoms with Crippen molar-refractivity contribution in [1.82, 2.24) is 4.90 Å². The van der Waals surface area contributed by atoms with Crippen molar-refractivity contribution in [2.75, 3.05) is 13.2 Å². The normalized spacial score (nSPS) is 23.5. The molecule has 1 N–H and O–H groups in total. The molecule has 8 nitrogen and oxygen atoms in total. The molecule has 0 fully saturated rings. The smallest absolute Gasteiger partial charge is 0.270 e. The Balaban J connectivity index is 2.09. The number of carbonyl (C=O) groups excluding carboxylic acids is 1. The maximum absolute atomic E-state index is 12.6. The Morgan fingerprint density at radius 2 is 2.07 bits per heavy atom. The second-order valence-electron chi connectivity index (χ2n) is 6.75. The molecule has 0 aromatic heterocycles. The molecule has 146 valence electrons. The molecule has 0 saturated heterocycles. The first-order valence-corrected chi connectivity index (χ1v) is 9.16. The molecule has 8 heteroatoms. The lowest BCUT2D eigenvalue weighted by Crippen LogP contribution is -2.56. The lowest BCUT2D eigenvalue weighted by Gasteiger charge is -2.48. The minimum absolute atomic E-state index is 0.111. The molecule has 3 rings (SSSR count). The summed E-state index contributed by atoms with van der Waals surface area (Å²) in [5.41, 5.74) is -0.545. The SMILES string of the molecule is CCOC1=CC(=O)N([C@@H]2c3cc([N+](=O)[O-])ccc3OC(CC)(CC)[C@H]2O)C1. The van der Waals surface area contributed by atoms with Crippen LogP contribution in [0.15, 0.2) is 30.0 Å². The van der Waals surface area contributed by atoms with Crippen LogP contribution in [0.4, 0.5) is 5.69 Å². The topological polar surface area (TPSA) is 102 Å². The van der Waals surface area contributed by atoms with Gasteiger partial charge < -0.3 is 19.5 Å². The first-order chi connectivity index (χ1) is 12.9. The van der Waals surface area contributed by atoms with Crippen LogP contribution in [0.25, 0.3) is 0 Å². The van der Waals surface area contributed by atoms with E-state index in [0.29, 0.717) is 36.5 Å². The molecule has 1 aromatic carbocycles. The van der Waals surface area contributed by atoms with E-state index in [9.17, 15) is 20.0 Å². The van der Waals surface area contributed by atoms with Gasteiger partial charge in [-0.3, -0.25) is 14.9 Å². The molecule has 2 atom stereocenters. The Kier molecular flexibility index (Phi) is 5.10. The largest absolute Gasteiger partial charge is 0.496 e. The van der Waals surface area contributed by atoms with Crippen LogP contribution in [0.5, 0.6) is 5.75 Å². The van der Waals surface area contributed by atoms with E-state index in [0.717, 1.165) is 0 Å². The average Bonchev–Trinajstić information content (AvgIpc) is 3.01. The number of hydrogen-bond donors (Lipinski definition) is 1. The number of fused-ring (bicyclic) bond motifs is 1. The Morgan fingerprint density at radius 1 is 1.37 bits per heavy atom. The summed E-state index contributed by atoms with van der Waals surface area (Å²) in [7, 11) is 0. The Hall–Kier alpha value is -2.61. The van der Waals surface area contributed by atoms with E-state index in [1.54, 1.807) is 6.07 Å². The Labute approximate surface area is 157 Å². The number of aliphatic hydroxyl groups is 1. The van der Waals surface area contributed by atoms with Crippen LogP contribution >= 0.6 is 0 Å². The van der Waals surface area contributed by atoms with Crippen LogP contribution in [0.1, 0.15) is 45.2 Å². The number of hydrogen-bond acceptors (Lipinski definition) is 6. The molecular weight excluding hydrogens is 352 g/mol. The molecule has 2 aliphatic rings. The molecular formula is C19H24N2O6. The van der Waals surface area contributed by atoms with Crippen LogP contribution in [-0.4, -0.2) is 45.7 Å². The van der Waals surface area contributed by atoms with Gasteiger partial charge in [0.2, 0.25) is 0 Å².